The molecule has 22 heavy (non-hydrogen) atoms. The molecule has 1 aliphatic heterocycles. The second-order valence-corrected chi connectivity index (χ2v) is 7.28. The molecule has 0 unspecified atom stereocenters. The van der Waals surface area contributed by atoms with E-state index in [9.17, 15) is 4.79 Å². The number of rotatable bonds is 3. The zero-order valence-corrected chi connectivity index (χ0v) is 14.6. The van der Waals surface area contributed by atoms with Crippen LogP contribution in [0.5, 0.6) is 5.75 Å². The average Bonchev–Trinajstić information content (AvgIpc) is 2.47. The predicted octanol–water partition coefficient (Wildman–Crippen LogP) is 4.19. The number of hydrogen-bond acceptors (Lipinski definition) is 4. The average molecular weight is 323 g/mol. The highest BCUT2D eigenvalue weighted by atomic mass is 32.2. The molecule has 0 atom stereocenters. The predicted molar refractivity (Wildman–Crippen MR) is 89.7 cm³/mol. The molecule has 1 aromatic rings. The number of para-hydroxylation sites is 1. The molecule has 1 saturated heterocycles. The molecule has 1 heterocycles. The lowest BCUT2D eigenvalue weighted by Gasteiger charge is -2.33. The Labute approximate surface area is 137 Å². The molecule has 122 valence electrons. The van der Waals surface area contributed by atoms with E-state index in [0.29, 0.717) is 13.1 Å². The van der Waals surface area contributed by atoms with Crippen LogP contribution < -0.4 is 4.74 Å². The van der Waals surface area contributed by atoms with Crippen LogP contribution in [0.15, 0.2) is 29.2 Å². The molecule has 1 amide bonds. The Morgan fingerprint density at radius 3 is 2.45 bits per heavy atom. The first-order valence-corrected chi connectivity index (χ1v) is 8.89. The minimum Gasteiger partial charge on any atom is -0.489 e. The summed E-state index contributed by atoms with van der Waals surface area (Å²) in [4.78, 5) is 15.0. The fourth-order valence-electron chi connectivity index (χ4n) is 2.38. The van der Waals surface area contributed by atoms with Gasteiger partial charge < -0.3 is 14.4 Å². The van der Waals surface area contributed by atoms with Crippen molar-refractivity contribution in [1.82, 2.24) is 4.90 Å². The molecular formula is C17H25NO3S. The maximum absolute atomic E-state index is 12.0. The van der Waals surface area contributed by atoms with Crippen LogP contribution in [0.3, 0.4) is 0 Å². The largest absolute Gasteiger partial charge is 0.489 e. The van der Waals surface area contributed by atoms with Crippen LogP contribution in [0, 0.1) is 0 Å². The Balaban J connectivity index is 1.86. The Morgan fingerprint density at radius 2 is 1.86 bits per heavy atom. The van der Waals surface area contributed by atoms with E-state index in [1.807, 2.05) is 45.2 Å². The Morgan fingerprint density at radius 1 is 1.23 bits per heavy atom. The molecule has 0 saturated carbocycles. The maximum Gasteiger partial charge on any atom is 0.410 e. The number of hydrogen-bond donors (Lipinski definition) is 0. The van der Waals surface area contributed by atoms with Gasteiger partial charge in [-0.05, 0) is 39.2 Å². The quantitative estimate of drug-likeness (QED) is 0.782. The van der Waals surface area contributed by atoms with Crippen molar-refractivity contribution < 1.29 is 14.3 Å². The first-order valence-electron chi connectivity index (χ1n) is 7.66. The van der Waals surface area contributed by atoms with Gasteiger partial charge in [-0.1, -0.05) is 12.1 Å². The molecule has 0 radical (unpaired) electrons. The van der Waals surface area contributed by atoms with Gasteiger partial charge in [-0.15, -0.1) is 11.8 Å². The molecule has 2 rings (SSSR count). The van der Waals surface area contributed by atoms with Crippen molar-refractivity contribution >= 4 is 17.9 Å². The summed E-state index contributed by atoms with van der Waals surface area (Å²) in [5.41, 5.74) is -0.443. The summed E-state index contributed by atoms with van der Waals surface area (Å²) in [6.45, 7) is 7.03. The fourth-order valence-corrected chi connectivity index (χ4v) is 2.91. The van der Waals surface area contributed by atoms with Gasteiger partial charge in [0.1, 0.15) is 17.5 Å². The number of ether oxygens (including phenoxy) is 2. The van der Waals surface area contributed by atoms with Crippen molar-refractivity contribution in [2.24, 2.45) is 0 Å². The van der Waals surface area contributed by atoms with E-state index in [0.717, 1.165) is 23.5 Å². The van der Waals surface area contributed by atoms with Gasteiger partial charge in [-0.2, -0.15) is 0 Å². The Kier molecular flexibility index (Phi) is 5.62. The fraction of sp³-hybridized carbons (Fsp3) is 0.588. The highest BCUT2D eigenvalue weighted by Gasteiger charge is 2.27. The van der Waals surface area contributed by atoms with Crippen LogP contribution in [-0.2, 0) is 4.74 Å². The molecule has 4 nitrogen and oxygen atoms in total. The van der Waals surface area contributed by atoms with Gasteiger partial charge in [-0.25, -0.2) is 4.79 Å². The summed E-state index contributed by atoms with van der Waals surface area (Å²) in [6, 6.07) is 8.08. The van der Waals surface area contributed by atoms with E-state index in [4.69, 9.17) is 9.47 Å². The molecule has 1 aliphatic rings. The van der Waals surface area contributed by atoms with E-state index in [-0.39, 0.29) is 12.2 Å². The lowest BCUT2D eigenvalue weighted by atomic mass is 10.1. The number of carbonyl (C=O) groups is 1. The van der Waals surface area contributed by atoms with Crippen molar-refractivity contribution in [2.75, 3.05) is 19.3 Å². The number of benzene rings is 1. The highest BCUT2D eigenvalue weighted by Crippen LogP contribution is 2.29. The SMILES string of the molecule is CSc1ccccc1OC1CCN(C(=O)OC(C)(C)C)CC1. The summed E-state index contributed by atoms with van der Waals surface area (Å²) < 4.78 is 11.5. The highest BCUT2D eigenvalue weighted by molar-refractivity contribution is 7.98. The number of amides is 1. The molecule has 5 heteroatoms. The summed E-state index contributed by atoms with van der Waals surface area (Å²) in [7, 11) is 0. The molecule has 0 N–H and O–H groups in total. The molecule has 1 aromatic carbocycles. The topological polar surface area (TPSA) is 38.8 Å². The Bertz CT molecular complexity index is 505. The smallest absolute Gasteiger partial charge is 0.410 e. The van der Waals surface area contributed by atoms with Crippen LogP contribution in [0.4, 0.5) is 4.79 Å². The lowest BCUT2D eigenvalue weighted by molar-refractivity contribution is 0.0124. The second-order valence-electron chi connectivity index (χ2n) is 6.44. The van der Waals surface area contributed by atoms with Gasteiger partial charge >= 0.3 is 6.09 Å². The molecule has 1 fully saturated rings. The number of likely N-dealkylation sites (tertiary alicyclic amines) is 1. The Hall–Kier alpha value is -1.36. The van der Waals surface area contributed by atoms with Gasteiger partial charge in [0, 0.05) is 30.8 Å². The third-order valence-corrected chi connectivity index (χ3v) is 4.23. The van der Waals surface area contributed by atoms with Crippen LogP contribution in [0.25, 0.3) is 0 Å². The van der Waals surface area contributed by atoms with Gasteiger partial charge in [0.15, 0.2) is 0 Å². The van der Waals surface area contributed by atoms with Crippen molar-refractivity contribution in [2.45, 2.75) is 50.2 Å². The van der Waals surface area contributed by atoms with Crippen molar-refractivity contribution in [3.63, 3.8) is 0 Å². The molecule has 0 aromatic heterocycles. The van der Waals surface area contributed by atoms with Gasteiger partial charge in [0.05, 0.1) is 0 Å². The third kappa shape index (κ3) is 4.83. The van der Waals surface area contributed by atoms with E-state index >= 15 is 0 Å². The van der Waals surface area contributed by atoms with Crippen molar-refractivity contribution in [1.29, 1.82) is 0 Å². The van der Waals surface area contributed by atoms with Crippen molar-refractivity contribution in [3.05, 3.63) is 24.3 Å². The molecule has 0 spiro atoms. The molecule has 0 aliphatic carbocycles. The lowest BCUT2D eigenvalue weighted by Crippen LogP contribution is -2.44. The molecular weight excluding hydrogens is 298 g/mol. The standard InChI is InChI=1S/C17H25NO3S/c1-17(2,3)21-16(19)18-11-9-13(10-12-18)20-14-7-5-6-8-15(14)22-4/h5-8,13H,9-12H2,1-4H3. The van der Waals surface area contributed by atoms with E-state index in [1.165, 1.54) is 0 Å². The zero-order chi connectivity index (χ0) is 16.2. The maximum atomic E-state index is 12.0. The van der Waals surface area contributed by atoms with Gasteiger partial charge in [0.25, 0.3) is 0 Å². The minimum absolute atomic E-state index is 0.159. The van der Waals surface area contributed by atoms with Crippen molar-refractivity contribution in [3.8, 4) is 5.75 Å². The van der Waals surface area contributed by atoms with Crippen LogP contribution in [0.2, 0.25) is 0 Å². The number of carbonyl (C=O) groups excluding carboxylic acids is 1. The first kappa shape index (κ1) is 17.0. The molecule has 0 bridgehead atoms. The van der Waals surface area contributed by atoms with Crippen LogP contribution in [0.1, 0.15) is 33.6 Å². The van der Waals surface area contributed by atoms with E-state index in [2.05, 4.69) is 6.07 Å². The first-order chi connectivity index (χ1) is 10.4. The summed E-state index contributed by atoms with van der Waals surface area (Å²) in [5.74, 6) is 0.936. The van der Waals surface area contributed by atoms with E-state index in [1.54, 1.807) is 16.7 Å². The van der Waals surface area contributed by atoms with Gasteiger partial charge in [0.2, 0.25) is 0 Å². The van der Waals surface area contributed by atoms with Crippen LogP contribution in [-0.4, -0.2) is 42.0 Å². The summed E-state index contributed by atoms with van der Waals surface area (Å²) in [6.07, 6.45) is 3.65. The zero-order valence-electron chi connectivity index (χ0n) is 13.8. The van der Waals surface area contributed by atoms with Gasteiger partial charge in [-0.3, -0.25) is 0 Å². The third-order valence-electron chi connectivity index (χ3n) is 3.46. The monoisotopic (exact) mass is 323 g/mol. The minimum atomic E-state index is -0.443. The van der Waals surface area contributed by atoms with Crippen LogP contribution >= 0.6 is 11.8 Å². The summed E-state index contributed by atoms with van der Waals surface area (Å²) >= 11 is 1.69. The number of thioether (sulfide) groups is 1. The van der Waals surface area contributed by atoms with E-state index < -0.39 is 5.60 Å². The second kappa shape index (κ2) is 7.27. The normalized spacial score (nSPS) is 16.5. The number of nitrogens with zero attached hydrogens (tertiary/aromatic N) is 1. The summed E-state index contributed by atoms with van der Waals surface area (Å²) in [5, 5.41) is 0. The number of piperidine rings is 1.